The number of anilines is 1. The molecule has 0 atom stereocenters. The van der Waals surface area contributed by atoms with Crippen LogP contribution in [0.15, 0.2) is 60.7 Å². The fourth-order valence-corrected chi connectivity index (χ4v) is 4.90. The molecule has 0 unspecified atom stereocenters. The summed E-state index contributed by atoms with van der Waals surface area (Å²) in [5, 5.41) is 0. The maximum Gasteiger partial charge on any atom is 0.165 e. The molecule has 0 aliphatic carbocycles. The molecule has 0 bridgehead atoms. The standard InChI is InChI=1S/C23H25NO2S/c1-25-26-20-12-8-9-18(15-20)16-23-21(24-13-6-3-7-14-24)17-22(27-23)19-10-4-2-5-11-19/h2,4-5,8-12,15,17H,3,6-7,13-14,16H2,1H3. The van der Waals surface area contributed by atoms with Crippen LogP contribution in [0, 0.1) is 0 Å². The predicted molar refractivity (Wildman–Crippen MR) is 113 cm³/mol. The van der Waals surface area contributed by atoms with Gasteiger partial charge in [0.1, 0.15) is 0 Å². The highest BCUT2D eigenvalue weighted by Gasteiger charge is 2.19. The Kier molecular flexibility index (Phi) is 5.75. The van der Waals surface area contributed by atoms with E-state index in [4.69, 9.17) is 9.78 Å². The van der Waals surface area contributed by atoms with Crippen LogP contribution in [0.1, 0.15) is 29.7 Å². The summed E-state index contributed by atoms with van der Waals surface area (Å²) in [7, 11) is 1.53. The van der Waals surface area contributed by atoms with E-state index in [0.717, 1.165) is 25.3 Å². The van der Waals surface area contributed by atoms with E-state index < -0.39 is 0 Å². The second-order valence-corrected chi connectivity index (χ2v) is 8.04. The van der Waals surface area contributed by atoms with E-state index in [1.54, 1.807) is 0 Å². The molecule has 2 heterocycles. The number of hydrogen-bond acceptors (Lipinski definition) is 4. The van der Waals surface area contributed by atoms with Crippen molar-refractivity contribution in [3.63, 3.8) is 0 Å². The second kappa shape index (κ2) is 8.59. The maximum absolute atomic E-state index is 5.20. The van der Waals surface area contributed by atoms with Crippen molar-refractivity contribution in [2.24, 2.45) is 0 Å². The van der Waals surface area contributed by atoms with Crippen molar-refractivity contribution in [1.82, 2.24) is 0 Å². The molecule has 4 heteroatoms. The minimum atomic E-state index is 0.745. The summed E-state index contributed by atoms with van der Waals surface area (Å²) >= 11 is 1.91. The van der Waals surface area contributed by atoms with Gasteiger partial charge in [-0.3, -0.25) is 0 Å². The molecule has 0 saturated carbocycles. The summed E-state index contributed by atoms with van der Waals surface area (Å²) in [6.07, 6.45) is 4.82. The van der Waals surface area contributed by atoms with Crippen LogP contribution in [0.5, 0.6) is 5.75 Å². The lowest BCUT2D eigenvalue weighted by atomic mass is 10.1. The average Bonchev–Trinajstić information content (AvgIpc) is 3.14. The summed E-state index contributed by atoms with van der Waals surface area (Å²) < 4.78 is 0. The van der Waals surface area contributed by atoms with Crippen LogP contribution in [0.3, 0.4) is 0 Å². The molecule has 140 valence electrons. The van der Waals surface area contributed by atoms with Gasteiger partial charge < -0.3 is 9.79 Å². The quantitative estimate of drug-likeness (QED) is 0.391. The molecule has 0 N–H and O–H groups in total. The normalized spacial score (nSPS) is 14.3. The van der Waals surface area contributed by atoms with Gasteiger partial charge in [-0.1, -0.05) is 42.5 Å². The van der Waals surface area contributed by atoms with Gasteiger partial charge in [0.2, 0.25) is 0 Å². The van der Waals surface area contributed by atoms with Gasteiger partial charge >= 0.3 is 0 Å². The molecular weight excluding hydrogens is 354 g/mol. The first-order valence-corrected chi connectivity index (χ1v) is 10.4. The van der Waals surface area contributed by atoms with E-state index in [2.05, 4.69) is 53.4 Å². The minimum Gasteiger partial charge on any atom is -0.371 e. The number of hydrogen-bond donors (Lipinski definition) is 0. The Hall–Kier alpha value is -2.30. The molecule has 27 heavy (non-hydrogen) atoms. The summed E-state index contributed by atoms with van der Waals surface area (Å²) in [4.78, 5) is 15.3. The van der Waals surface area contributed by atoms with Gasteiger partial charge in [-0.15, -0.1) is 11.3 Å². The van der Waals surface area contributed by atoms with Gasteiger partial charge in [-0.2, -0.15) is 4.89 Å². The molecular formula is C23H25NO2S. The maximum atomic E-state index is 5.20. The van der Waals surface area contributed by atoms with Gasteiger partial charge in [0.15, 0.2) is 5.75 Å². The zero-order valence-corrected chi connectivity index (χ0v) is 16.5. The molecule has 0 radical (unpaired) electrons. The third-order valence-corrected chi connectivity index (χ3v) is 6.16. The zero-order chi connectivity index (χ0) is 18.5. The highest BCUT2D eigenvalue weighted by Crippen LogP contribution is 2.39. The molecule has 1 fully saturated rings. The van der Waals surface area contributed by atoms with Crippen LogP contribution in [0.4, 0.5) is 5.69 Å². The minimum absolute atomic E-state index is 0.745. The predicted octanol–water partition coefficient (Wildman–Crippen LogP) is 5.94. The Morgan fingerprint density at radius 2 is 1.74 bits per heavy atom. The van der Waals surface area contributed by atoms with Crippen LogP contribution >= 0.6 is 11.3 Å². The number of rotatable bonds is 6. The fourth-order valence-electron chi connectivity index (χ4n) is 3.68. The third kappa shape index (κ3) is 4.34. The lowest BCUT2D eigenvalue weighted by Crippen LogP contribution is -2.29. The Labute approximate surface area is 165 Å². The van der Waals surface area contributed by atoms with Crippen molar-refractivity contribution in [1.29, 1.82) is 0 Å². The van der Waals surface area contributed by atoms with E-state index in [-0.39, 0.29) is 0 Å². The topological polar surface area (TPSA) is 21.7 Å². The highest BCUT2D eigenvalue weighted by atomic mass is 32.1. The number of nitrogens with zero attached hydrogens (tertiary/aromatic N) is 1. The van der Waals surface area contributed by atoms with Crippen LogP contribution in [-0.2, 0) is 11.3 Å². The Bertz CT molecular complexity index is 869. The second-order valence-electron chi connectivity index (χ2n) is 6.91. The molecule has 0 spiro atoms. The van der Waals surface area contributed by atoms with Gasteiger partial charge in [-0.05, 0) is 48.6 Å². The number of benzene rings is 2. The van der Waals surface area contributed by atoms with E-state index in [0.29, 0.717) is 0 Å². The molecule has 1 aliphatic heterocycles. The summed E-state index contributed by atoms with van der Waals surface area (Å²) in [6, 6.07) is 21.2. The first-order valence-electron chi connectivity index (χ1n) is 9.56. The molecule has 1 saturated heterocycles. The molecule has 2 aromatic carbocycles. The van der Waals surface area contributed by atoms with Crippen LogP contribution in [-0.4, -0.2) is 20.2 Å². The fraction of sp³-hybridized carbons (Fsp3) is 0.304. The van der Waals surface area contributed by atoms with E-state index in [1.807, 2.05) is 23.5 Å². The average molecular weight is 380 g/mol. The van der Waals surface area contributed by atoms with Crippen LogP contribution in [0.2, 0.25) is 0 Å². The Morgan fingerprint density at radius 3 is 2.52 bits per heavy atom. The summed E-state index contributed by atoms with van der Waals surface area (Å²) in [5.41, 5.74) is 3.93. The summed E-state index contributed by atoms with van der Waals surface area (Å²) in [5.74, 6) is 0.745. The Morgan fingerprint density at radius 1 is 0.926 bits per heavy atom. The first kappa shape index (κ1) is 18.1. The molecule has 0 amide bonds. The monoisotopic (exact) mass is 379 g/mol. The molecule has 3 aromatic rings. The van der Waals surface area contributed by atoms with E-state index in [9.17, 15) is 0 Å². The van der Waals surface area contributed by atoms with Crippen molar-refractivity contribution in [3.8, 4) is 16.2 Å². The van der Waals surface area contributed by atoms with Crippen molar-refractivity contribution in [3.05, 3.63) is 71.1 Å². The number of piperidine rings is 1. The van der Waals surface area contributed by atoms with Crippen molar-refractivity contribution >= 4 is 17.0 Å². The van der Waals surface area contributed by atoms with Gasteiger partial charge in [0, 0.05) is 29.3 Å². The van der Waals surface area contributed by atoms with Gasteiger partial charge in [0.25, 0.3) is 0 Å². The molecule has 1 aliphatic rings. The van der Waals surface area contributed by atoms with Gasteiger partial charge in [0.05, 0.1) is 12.8 Å². The smallest absolute Gasteiger partial charge is 0.165 e. The molecule has 3 nitrogen and oxygen atoms in total. The van der Waals surface area contributed by atoms with Crippen molar-refractivity contribution in [2.45, 2.75) is 25.7 Å². The van der Waals surface area contributed by atoms with Crippen molar-refractivity contribution in [2.75, 3.05) is 25.1 Å². The zero-order valence-electron chi connectivity index (χ0n) is 15.7. The molecule has 4 rings (SSSR count). The third-order valence-electron chi connectivity index (χ3n) is 4.98. The lowest BCUT2D eigenvalue weighted by Gasteiger charge is -2.29. The summed E-state index contributed by atoms with van der Waals surface area (Å²) in [6.45, 7) is 2.32. The van der Waals surface area contributed by atoms with E-state index >= 15 is 0 Å². The SMILES string of the molecule is COOc1cccc(Cc2sc(-c3ccccc3)cc2N2CCCCC2)c1. The highest BCUT2D eigenvalue weighted by molar-refractivity contribution is 7.16. The lowest BCUT2D eigenvalue weighted by molar-refractivity contribution is -0.178. The first-order chi connectivity index (χ1) is 13.3. The largest absolute Gasteiger partial charge is 0.371 e. The van der Waals surface area contributed by atoms with Crippen LogP contribution in [0.25, 0.3) is 10.4 Å². The van der Waals surface area contributed by atoms with Crippen molar-refractivity contribution < 1.29 is 9.78 Å². The van der Waals surface area contributed by atoms with Gasteiger partial charge in [-0.25, -0.2) is 0 Å². The Balaban J connectivity index is 1.67. The van der Waals surface area contributed by atoms with E-state index in [1.165, 1.54) is 52.9 Å². The number of thiophene rings is 1. The molecule has 1 aromatic heterocycles. The van der Waals surface area contributed by atoms with Crippen LogP contribution < -0.4 is 9.79 Å².